The summed E-state index contributed by atoms with van der Waals surface area (Å²) in [6.07, 6.45) is 1.76. The van der Waals surface area contributed by atoms with Gasteiger partial charge >= 0.3 is 5.97 Å². The molecule has 5 rings (SSSR count). The van der Waals surface area contributed by atoms with E-state index in [2.05, 4.69) is 45.2 Å². The minimum absolute atomic E-state index is 0.0696. The monoisotopic (exact) mass is 791 g/mol. The highest BCUT2D eigenvalue weighted by atomic mass is 127. The number of ether oxygens (including phenoxy) is 2. The Morgan fingerprint density at radius 2 is 1.83 bits per heavy atom. The second-order valence-corrected chi connectivity index (χ2v) is 12.1. The predicted molar refractivity (Wildman–Crippen MR) is 170 cm³/mol. The van der Waals surface area contributed by atoms with Crippen LogP contribution in [0.25, 0.3) is 11.8 Å². The number of nitrogens with zero attached hydrogens (tertiary/aromatic N) is 3. The van der Waals surface area contributed by atoms with E-state index in [9.17, 15) is 14.0 Å². The van der Waals surface area contributed by atoms with Gasteiger partial charge in [0, 0.05) is 5.56 Å². The lowest BCUT2D eigenvalue weighted by molar-refractivity contribution is -0.138. The quantitative estimate of drug-likeness (QED) is 0.190. The van der Waals surface area contributed by atoms with Gasteiger partial charge in [-0.15, -0.1) is 0 Å². The summed E-state index contributed by atoms with van der Waals surface area (Å²) >= 11 is 5.47. The Morgan fingerprint density at radius 3 is 2.46 bits per heavy atom. The van der Waals surface area contributed by atoms with Crippen molar-refractivity contribution in [2.75, 3.05) is 13.2 Å². The van der Waals surface area contributed by atoms with Crippen LogP contribution in [0.1, 0.15) is 29.7 Å². The molecule has 3 aromatic carbocycles. The summed E-state index contributed by atoms with van der Waals surface area (Å²) in [7, 11) is 0. The van der Waals surface area contributed by atoms with Gasteiger partial charge in [-0.1, -0.05) is 53.8 Å². The molecule has 1 aliphatic heterocycles. The zero-order valence-corrected chi connectivity index (χ0v) is 26.6. The van der Waals surface area contributed by atoms with Crippen LogP contribution in [0.2, 0.25) is 0 Å². The van der Waals surface area contributed by atoms with Gasteiger partial charge < -0.3 is 9.47 Å². The van der Waals surface area contributed by atoms with Crippen molar-refractivity contribution in [3.8, 4) is 11.8 Å². The van der Waals surface area contributed by atoms with E-state index >= 15 is 0 Å². The van der Waals surface area contributed by atoms with E-state index in [0.29, 0.717) is 31.9 Å². The third kappa shape index (κ3) is 6.00. The number of carbonyl (C=O) groups excluding carboxylic acids is 1. The van der Waals surface area contributed by atoms with Crippen LogP contribution in [-0.2, 0) is 9.53 Å². The molecule has 41 heavy (non-hydrogen) atoms. The average molecular weight is 791 g/mol. The molecule has 0 bridgehead atoms. The fourth-order valence-corrected chi connectivity index (χ4v) is 7.59. The lowest BCUT2D eigenvalue weighted by Crippen LogP contribution is -2.40. The van der Waals surface area contributed by atoms with E-state index in [0.717, 1.165) is 12.7 Å². The number of fused-ring (bicyclic) bond motifs is 1. The topological polar surface area (TPSA) is 93.7 Å². The van der Waals surface area contributed by atoms with E-state index in [1.54, 1.807) is 25.1 Å². The van der Waals surface area contributed by atoms with E-state index in [1.807, 2.05) is 48.5 Å². The number of rotatable bonds is 7. The van der Waals surface area contributed by atoms with Gasteiger partial charge in [-0.2, -0.15) is 5.26 Å². The summed E-state index contributed by atoms with van der Waals surface area (Å²) in [5, 5.41) is 8.88. The third-order valence-electron chi connectivity index (χ3n) is 6.16. The highest BCUT2D eigenvalue weighted by molar-refractivity contribution is 14.1. The second kappa shape index (κ2) is 12.7. The van der Waals surface area contributed by atoms with E-state index in [1.165, 1.54) is 28.0 Å². The first kappa shape index (κ1) is 29.2. The Balaban J connectivity index is 1.76. The van der Waals surface area contributed by atoms with Crippen LogP contribution in [0.5, 0.6) is 5.75 Å². The summed E-state index contributed by atoms with van der Waals surface area (Å²) in [6.45, 7) is 1.78. The Morgan fingerprint density at radius 1 is 1.15 bits per heavy atom. The van der Waals surface area contributed by atoms with Gasteiger partial charge in [0.1, 0.15) is 17.6 Å². The molecule has 1 atom stereocenters. The summed E-state index contributed by atoms with van der Waals surface area (Å²) in [4.78, 5) is 32.7. The molecule has 0 amide bonds. The first-order valence-electron chi connectivity index (χ1n) is 12.3. The molecule has 206 valence electrons. The molecule has 2 heterocycles. The molecule has 0 unspecified atom stereocenters. The molecule has 0 saturated carbocycles. The Kier molecular flexibility index (Phi) is 9.00. The highest BCUT2D eigenvalue weighted by Gasteiger charge is 2.35. The molecule has 1 aromatic heterocycles. The highest BCUT2D eigenvalue weighted by Crippen LogP contribution is 2.35. The fourth-order valence-electron chi connectivity index (χ4n) is 4.46. The summed E-state index contributed by atoms with van der Waals surface area (Å²) in [5.41, 5.74) is 2.26. The Labute approximate surface area is 265 Å². The molecule has 0 fully saturated rings. The smallest absolute Gasteiger partial charge is 0.338 e. The van der Waals surface area contributed by atoms with Crippen LogP contribution >= 0.6 is 56.5 Å². The number of thiazole rings is 1. The number of halogens is 3. The van der Waals surface area contributed by atoms with Crippen molar-refractivity contribution in [3.05, 3.63) is 122 Å². The van der Waals surface area contributed by atoms with Crippen LogP contribution in [0.3, 0.4) is 0 Å². The zero-order chi connectivity index (χ0) is 29.1. The molecule has 1 aliphatic rings. The number of nitriles is 1. The van der Waals surface area contributed by atoms with Gasteiger partial charge in [0.25, 0.3) is 5.56 Å². The summed E-state index contributed by atoms with van der Waals surface area (Å²) < 4.78 is 28.4. The fraction of sp³-hybridized carbons (Fsp3) is 0.133. The molecule has 7 nitrogen and oxygen atoms in total. The largest absolute Gasteiger partial charge is 0.477 e. The van der Waals surface area contributed by atoms with Crippen LogP contribution in [-0.4, -0.2) is 23.8 Å². The number of carbonyl (C=O) groups is 1. The Hall–Kier alpha value is -3.35. The normalized spacial score (nSPS) is 14.7. The molecular formula is C30H20FI2N3O4S. The number of aromatic nitrogens is 1. The van der Waals surface area contributed by atoms with Crippen molar-refractivity contribution in [3.63, 3.8) is 0 Å². The molecule has 4 aromatic rings. The maximum atomic E-state index is 14.0. The second-order valence-electron chi connectivity index (χ2n) is 8.74. The molecule has 0 saturated heterocycles. The number of hydrogen-bond acceptors (Lipinski definition) is 7. The first-order chi connectivity index (χ1) is 19.8. The molecule has 0 aliphatic carbocycles. The van der Waals surface area contributed by atoms with Gasteiger partial charge in [-0.25, -0.2) is 14.2 Å². The standard InChI is InChI=1S/C30H20FI2N3O4S/c1-2-39-29(38)24-25(18-6-4-3-5-7-18)35-30-36(26(24)19-8-10-20(31)11-9-19)28(37)23(41-30)16-17-14-21(32)27(22(33)15-17)40-13-12-34/h3-11,14-16,26H,2,13H2,1H3/b23-16-/t26-/m1/s1. The van der Waals surface area contributed by atoms with Gasteiger partial charge in [0.2, 0.25) is 0 Å². The molecular weight excluding hydrogens is 771 g/mol. The SMILES string of the molecule is CCOC(=O)C1=C(c2ccccc2)N=c2s/c(=C\c3cc(I)c(OCC#N)c(I)c3)c(=O)n2[C@@H]1c1ccc(F)cc1. The average Bonchev–Trinajstić information content (AvgIpc) is 3.27. The molecule has 0 N–H and O–H groups in total. The molecule has 11 heteroatoms. The molecule has 0 spiro atoms. The van der Waals surface area contributed by atoms with Gasteiger partial charge in [-0.3, -0.25) is 9.36 Å². The predicted octanol–water partition coefficient (Wildman–Crippen LogP) is 5.19. The van der Waals surface area contributed by atoms with Crippen molar-refractivity contribution in [1.29, 1.82) is 5.26 Å². The van der Waals surface area contributed by atoms with E-state index in [-0.39, 0.29) is 24.3 Å². The van der Waals surface area contributed by atoms with Crippen LogP contribution in [0.15, 0.2) is 82.1 Å². The maximum absolute atomic E-state index is 14.0. The Bertz CT molecular complexity index is 1870. The lowest BCUT2D eigenvalue weighted by atomic mass is 9.93. The number of benzene rings is 3. The lowest BCUT2D eigenvalue weighted by Gasteiger charge is -2.25. The van der Waals surface area contributed by atoms with Crippen molar-refractivity contribution in [2.24, 2.45) is 4.99 Å². The van der Waals surface area contributed by atoms with E-state index < -0.39 is 17.8 Å². The van der Waals surface area contributed by atoms with Crippen molar-refractivity contribution < 1.29 is 18.7 Å². The third-order valence-corrected chi connectivity index (χ3v) is 8.74. The van der Waals surface area contributed by atoms with Gasteiger partial charge in [0.15, 0.2) is 11.4 Å². The molecule has 0 radical (unpaired) electrons. The van der Waals surface area contributed by atoms with Crippen molar-refractivity contribution >= 4 is 74.3 Å². The summed E-state index contributed by atoms with van der Waals surface area (Å²) in [6, 6.07) is 19.8. The van der Waals surface area contributed by atoms with Gasteiger partial charge in [-0.05, 0) is 93.6 Å². The van der Waals surface area contributed by atoms with Gasteiger partial charge in [0.05, 0.1) is 35.6 Å². The van der Waals surface area contributed by atoms with Crippen LogP contribution in [0.4, 0.5) is 4.39 Å². The minimum atomic E-state index is -0.884. The van der Waals surface area contributed by atoms with E-state index in [4.69, 9.17) is 19.7 Å². The van der Waals surface area contributed by atoms with Crippen molar-refractivity contribution in [2.45, 2.75) is 13.0 Å². The first-order valence-corrected chi connectivity index (χ1v) is 15.3. The minimum Gasteiger partial charge on any atom is -0.477 e. The maximum Gasteiger partial charge on any atom is 0.338 e. The van der Waals surface area contributed by atoms with Crippen LogP contribution < -0.4 is 19.6 Å². The number of esters is 1. The van der Waals surface area contributed by atoms with Crippen LogP contribution in [0, 0.1) is 24.3 Å². The summed E-state index contributed by atoms with van der Waals surface area (Å²) in [5.74, 6) is -0.428. The number of hydrogen-bond donors (Lipinski definition) is 0. The van der Waals surface area contributed by atoms with Crippen molar-refractivity contribution in [1.82, 2.24) is 4.57 Å². The zero-order valence-electron chi connectivity index (χ0n) is 21.4.